The van der Waals surface area contributed by atoms with Gasteiger partial charge in [-0.3, -0.25) is 9.13 Å². The number of rotatable bonds is 11. The third-order valence-electron chi connectivity index (χ3n) is 2.90. The van der Waals surface area contributed by atoms with Crippen LogP contribution in [0.1, 0.15) is 51.4 Å². The summed E-state index contributed by atoms with van der Waals surface area (Å²) in [6.45, 7) is 0.187. The van der Waals surface area contributed by atoms with Gasteiger partial charge in [0.25, 0.3) is 0 Å². The summed E-state index contributed by atoms with van der Waals surface area (Å²) in [7, 11) is -9.52. The molecule has 0 unspecified atom stereocenters. The molecule has 0 aliphatic heterocycles. The summed E-state index contributed by atoms with van der Waals surface area (Å²) in [6.07, 6.45) is 5.45. The molecule has 0 saturated carbocycles. The second-order valence-corrected chi connectivity index (χ2v) is 8.66. The lowest BCUT2D eigenvalue weighted by Gasteiger charge is -2.19. The second kappa shape index (κ2) is 9.24. The lowest BCUT2D eigenvalue weighted by Crippen LogP contribution is -2.09. The molecule has 0 saturated heterocycles. The molecule has 9 heteroatoms. The Kier molecular flexibility index (Phi) is 9.37. The molecular formula is C10H24O7P2. The zero-order valence-corrected chi connectivity index (χ0v) is 12.7. The maximum atomic E-state index is 11.0. The van der Waals surface area contributed by atoms with E-state index in [2.05, 4.69) is 0 Å². The van der Waals surface area contributed by atoms with Crippen molar-refractivity contribution in [1.82, 2.24) is 0 Å². The quantitative estimate of drug-likeness (QED) is 0.289. The lowest BCUT2D eigenvalue weighted by molar-refractivity contribution is 0.282. The predicted octanol–water partition coefficient (Wildman–Crippen LogP) is 1.78. The first kappa shape index (κ1) is 19.3. The summed E-state index contributed by atoms with van der Waals surface area (Å²) < 4.78 is 22.0. The van der Waals surface area contributed by atoms with Crippen LogP contribution in [-0.2, 0) is 9.13 Å². The SMILES string of the molecule is O=P(O)(O)C(CCCCCCCCCO)P(=O)(O)O. The van der Waals surface area contributed by atoms with Crippen LogP contribution >= 0.6 is 15.2 Å². The monoisotopic (exact) mass is 318 g/mol. The van der Waals surface area contributed by atoms with Crippen molar-refractivity contribution in [1.29, 1.82) is 0 Å². The normalized spacial score (nSPS) is 13.2. The number of hydrogen-bond donors (Lipinski definition) is 5. The van der Waals surface area contributed by atoms with Crippen LogP contribution in [0.15, 0.2) is 0 Å². The van der Waals surface area contributed by atoms with Gasteiger partial charge >= 0.3 is 15.2 Å². The Bertz CT molecular complexity index is 300. The largest absolute Gasteiger partial charge is 0.396 e. The lowest BCUT2D eigenvalue weighted by atomic mass is 10.1. The molecular weight excluding hydrogens is 294 g/mol. The Morgan fingerprint density at radius 2 is 1.05 bits per heavy atom. The Morgan fingerprint density at radius 1 is 0.684 bits per heavy atom. The topological polar surface area (TPSA) is 135 Å². The van der Waals surface area contributed by atoms with E-state index in [4.69, 9.17) is 24.7 Å². The van der Waals surface area contributed by atoms with Crippen LogP contribution in [0.2, 0.25) is 0 Å². The van der Waals surface area contributed by atoms with Crippen LogP contribution in [0.4, 0.5) is 0 Å². The van der Waals surface area contributed by atoms with Crippen molar-refractivity contribution >= 4 is 15.2 Å². The molecule has 0 aromatic heterocycles. The first-order chi connectivity index (χ1) is 8.69. The Morgan fingerprint density at radius 3 is 1.42 bits per heavy atom. The number of aliphatic hydroxyl groups is 1. The van der Waals surface area contributed by atoms with Gasteiger partial charge in [-0.2, -0.15) is 0 Å². The fourth-order valence-corrected chi connectivity index (χ4v) is 4.46. The van der Waals surface area contributed by atoms with E-state index in [9.17, 15) is 9.13 Å². The Hall–Kier alpha value is 0.260. The van der Waals surface area contributed by atoms with Crippen molar-refractivity contribution in [3.63, 3.8) is 0 Å². The van der Waals surface area contributed by atoms with E-state index < -0.39 is 20.6 Å². The van der Waals surface area contributed by atoms with E-state index in [0.717, 1.165) is 32.1 Å². The molecule has 0 bridgehead atoms. The van der Waals surface area contributed by atoms with E-state index in [-0.39, 0.29) is 13.0 Å². The van der Waals surface area contributed by atoms with Gasteiger partial charge in [-0.05, 0) is 12.8 Å². The van der Waals surface area contributed by atoms with Gasteiger partial charge in [0.1, 0.15) is 0 Å². The van der Waals surface area contributed by atoms with Crippen LogP contribution in [-0.4, -0.2) is 36.7 Å². The van der Waals surface area contributed by atoms with Crippen molar-refractivity contribution in [2.75, 3.05) is 6.61 Å². The molecule has 5 N–H and O–H groups in total. The van der Waals surface area contributed by atoms with E-state index in [1.165, 1.54) is 0 Å². The summed E-state index contributed by atoms with van der Waals surface area (Å²) in [6, 6.07) is 0. The molecule has 19 heavy (non-hydrogen) atoms. The first-order valence-corrected chi connectivity index (χ1v) is 9.77. The van der Waals surface area contributed by atoms with E-state index in [1.807, 2.05) is 0 Å². The van der Waals surface area contributed by atoms with Gasteiger partial charge in [-0.25, -0.2) is 0 Å². The molecule has 116 valence electrons. The molecule has 0 heterocycles. The van der Waals surface area contributed by atoms with Gasteiger partial charge in [-0.15, -0.1) is 0 Å². The average molecular weight is 318 g/mol. The van der Waals surface area contributed by atoms with Crippen LogP contribution in [0.5, 0.6) is 0 Å². The molecule has 0 aliphatic carbocycles. The maximum absolute atomic E-state index is 11.0. The zero-order chi connectivity index (χ0) is 14.9. The van der Waals surface area contributed by atoms with E-state index in [1.54, 1.807) is 0 Å². The highest BCUT2D eigenvalue weighted by molar-refractivity contribution is 7.70. The van der Waals surface area contributed by atoms with Crippen LogP contribution in [0.25, 0.3) is 0 Å². The fourth-order valence-electron chi connectivity index (χ4n) is 1.85. The predicted molar refractivity (Wildman–Crippen MR) is 71.9 cm³/mol. The molecule has 0 amide bonds. The highest BCUT2D eigenvalue weighted by Gasteiger charge is 2.42. The van der Waals surface area contributed by atoms with Gasteiger partial charge in [0.2, 0.25) is 0 Å². The van der Waals surface area contributed by atoms with Gasteiger partial charge in [0, 0.05) is 6.61 Å². The standard InChI is InChI=1S/C10H24O7P2/c11-9-7-5-3-1-2-4-6-8-10(18(12,13)14)19(15,16)17/h10-11H,1-9H2,(H2,12,13,14)(H2,15,16,17). The van der Waals surface area contributed by atoms with Crippen LogP contribution in [0, 0.1) is 0 Å². The molecule has 0 aliphatic rings. The molecule has 0 radical (unpaired) electrons. The molecule has 0 aromatic rings. The maximum Gasteiger partial charge on any atom is 0.340 e. The van der Waals surface area contributed by atoms with Gasteiger partial charge in [0.05, 0.1) is 0 Å². The summed E-state index contributed by atoms with van der Waals surface area (Å²) in [5.41, 5.74) is 0. The van der Waals surface area contributed by atoms with Gasteiger partial charge < -0.3 is 24.7 Å². The number of hydrogen-bond acceptors (Lipinski definition) is 3. The highest BCUT2D eigenvalue weighted by atomic mass is 31.2. The zero-order valence-electron chi connectivity index (χ0n) is 10.9. The molecule has 7 nitrogen and oxygen atoms in total. The highest BCUT2D eigenvalue weighted by Crippen LogP contribution is 2.61. The minimum absolute atomic E-state index is 0.162. The minimum atomic E-state index is -4.76. The summed E-state index contributed by atoms with van der Waals surface area (Å²) in [5.74, 6) is 0. The van der Waals surface area contributed by atoms with Crippen molar-refractivity contribution in [2.24, 2.45) is 0 Å². The molecule has 0 spiro atoms. The summed E-state index contributed by atoms with van der Waals surface area (Å²) >= 11 is 0. The van der Waals surface area contributed by atoms with Crippen LogP contribution < -0.4 is 0 Å². The molecule has 0 atom stereocenters. The fraction of sp³-hybridized carbons (Fsp3) is 1.00. The smallest absolute Gasteiger partial charge is 0.340 e. The van der Waals surface area contributed by atoms with E-state index in [0.29, 0.717) is 12.8 Å². The minimum Gasteiger partial charge on any atom is -0.396 e. The third kappa shape index (κ3) is 9.74. The summed E-state index contributed by atoms with van der Waals surface area (Å²) in [5, 5.41) is 6.71. The molecule has 0 rings (SSSR count). The Labute approximate surface area is 113 Å². The Balaban J connectivity index is 3.85. The molecule has 0 fully saturated rings. The van der Waals surface area contributed by atoms with E-state index >= 15 is 0 Å². The second-order valence-electron chi connectivity index (χ2n) is 4.65. The van der Waals surface area contributed by atoms with Crippen molar-refractivity contribution in [3.8, 4) is 0 Å². The van der Waals surface area contributed by atoms with Gasteiger partial charge in [0.15, 0.2) is 5.40 Å². The first-order valence-electron chi connectivity index (χ1n) is 6.41. The van der Waals surface area contributed by atoms with Crippen molar-refractivity contribution in [3.05, 3.63) is 0 Å². The van der Waals surface area contributed by atoms with Crippen molar-refractivity contribution < 1.29 is 33.8 Å². The van der Waals surface area contributed by atoms with Crippen LogP contribution in [0.3, 0.4) is 0 Å². The number of aliphatic hydroxyl groups excluding tert-OH is 1. The molecule has 0 aromatic carbocycles. The summed E-state index contributed by atoms with van der Waals surface area (Å²) in [4.78, 5) is 35.6. The average Bonchev–Trinajstić information content (AvgIpc) is 2.23. The van der Waals surface area contributed by atoms with Crippen molar-refractivity contribution in [2.45, 2.75) is 56.8 Å². The van der Waals surface area contributed by atoms with Gasteiger partial charge in [-0.1, -0.05) is 38.5 Å². The third-order valence-corrected chi connectivity index (χ3v) is 6.77. The number of unbranched alkanes of at least 4 members (excludes halogenated alkanes) is 6.